The molecule has 4 rings (SSSR count). The lowest BCUT2D eigenvalue weighted by molar-refractivity contribution is 0.102. The van der Waals surface area contributed by atoms with Gasteiger partial charge in [-0.2, -0.15) is 5.10 Å². The summed E-state index contributed by atoms with van der Waals surface area (Å²) in [5.74, 6) is 1.22. The van der Waals surface area contributed by atoms with Crippen LogP contribution in [0.15, 0.2) is 72.9 Å². The molecule has 0 aliphatic carbocycles. The van der Waals surface area contributed by atoms with Crippen molar-refractivity contribution in [1.29, 1.82) is 0 Å². The molecule has 7 nitrogen and oxygen atoms in total. The topological polar surface area (TPSA) is 74.6 Å². The molecular weight excluding hydrogens is 442 g/mol. The number of rotatable bonds is 7. The van der Waals surface area contributed by atoms with Crippen LogP contribution >= 0.6 is 11.6 Å². The van der Waals surface area contributed by atoms with Crippen LogP contribution in [0.5, 0.6) is 17.2 Å². The van der Waals surface area contributed by atoms with E-state index in [9.17, 15) is 4.79 Å². The van der Waals surface area contributed by atoms with Crippen molar-refractivity contribution in [2.24, 2.45) is 0 Å². The van der Waals surface area contributed by atoms with E-state index in [-0.39, 0.29) is 5.91 Å². The summed E-state index contributed by atoms with van der Waals surface area (Å²) in [5, 5.41) is 7.93. The van der Waals surface area contributed by atoms with Gasteiger partial charge in [-0.15, -0.1) is 0 Å². The first kappa shape index (κ1) is 22.2. The van der Waals surface area contributed by atoms with Gasteiger partial charge in [0.05, 0.1) is 43.3 Å². The zero-order valence-corrected chi connectivity index (χ0v) is 19.1. The van der Waals surface area contributed by atoms with Crippen molar-refractivity contribution in [2.45, 2.75) is 0 Å². The minimum atomic E-state index is -0.359. The number of ether oxygens (including phenoxy) is 3. The summed E-state index contributed by atoms with van der Waals surface area (Å²) in [4.78, 5) is 13.4. The maximum absolute atomic E-state index is 13.4. The van der Waals surface area contributed by atoms with Gasteiger partial charge in [-0.25, -0.2) is 4.68 Å². The molecule has 0 unspecified atom stereocenters. The number of aromatic nitrogens is 2. The van der Waals surface area contributed by atoms with E-state index < -0.39 is 0 Å². The number of benzene rings is 3. The first-order valence-electron chi connectivity index (χ1n) is 10.1. The molecule has 33 heavy (non-hydrogen) atoms. The Morgan fingerprint density at radius 1 is 0.909 bits per heavy atom. The number of nitrogens with one attached hydrogen (secondary N) is 1. The first-order valence-corrected chi connectivity index (χ1v) is 10.4. The second kappa shape index (κ2) is 9.67. The van der Waals surface area contributed by atoms with Crippen LogP contribution in [0, 0.1) is 0 Å². The third-order valence-electron chi connectivity index (χ3n) is 5.07. The Balaban J connectivity index is 1.76. The molecule has 0 spiro atoms. The molecule has 1 aromatic heterocycles. The molecule has 0 aliphatic heterocycles. The Morgan fingerprint density at radius 3 is 2.24 bits per heavy atom. The summed E-state index contributed by atoms with van der Waals surface area (Å²) in [6, 6.07) is 20.2. The molecule has 168 valence electrons. The van der Waals surface area contributed by atoms with E-state index in [1.54, 1.807) is 30.1 Å². The molecule has 0 aliphatic rings. The molecule has 8 heteroatoms. The molecule has 0 fully saturated rings. The van der Waals surface area contributed by atoms with E-state index in [0.29, 0.717) is 39.2 Å². The first-order chi connectivity index (χ1) is 16.0. The molecule has 1 heterocycles. The van der Waals surface area contributed by atoms with Gasteiger partial charge in [0.2, 0.25) is 0 Å². The SMILES string of the molecule is COc1ccc(-c2nn(-c3ccccc3)cc2C(=O)Nc2cc(Cl)c(OC)cc2OC)cc1. The summed E-state index contributed by atoms with van der Waals surface area (Å²) in [5.41, 5.74) is 2.93. The average molecular weight is 464 g/mol. The predicted octanol–water partition coefficient (Wildman–Crippen LogP) is 5.47. The fourth-order valence-corrected chi connectivity index (χ4v) is 3.60. The highest BCUT2D eigenvalue weighted by atomic mass is 35.5. The number of anilines is 1. The second-order valence-corrected chi connectivity index (χ2v) is 7.45. The highest BCUT2D eigenvalue weighted by molar-refractivity contribution is 6.32. The second-order valence-electron chi connectivity index (χ2n) is 7.04. The minimum Gasteiger partial charge on any atom is -0.497 e. The maximum Gasteiger partial charge on any atom is 0.259 e. The maximum atomic E-state index is 13.4. The van der Waals surface area contributed by atoms with E-state index in [1.165, 1.54) is 14.2 Å². The number of carbonyl (C=O) groups excluding carboxylic acids is 1. The molecule has 0 radical (unpaired) electrons. The van der Waals surface area contributed by atoms with Crippen molar-refractivity contribution in [3.05, 3.63) is 83.5 Å². The highest BCUT2D eigenvalue weighted by Crippen LogP contribution is 2.36. The van der Waals surface area contributed by atoms with Gasteiger partial charge in [0.15, 0.2) is 0 Å². The number of para-hydroxylation sites is 1. The van der Waals surface area contributed by atoms with E-state index in [2.05, 4.69) is 5.32 Å². The fourth-order valence-electron chi connectivity index (χ4n) is 3.36. The van der Waals surface area contributed by atoms with Crippen molar-refractivity contribution < 1.29 is 19.0 Å². The molecule has 0 bridgehead atoms. The Hall–Kier alpha value is -3.97. The summed E-state index contributed by atoms with van der Waals surface area (Å²) in [6.45, 7) is 0. The number of carbonyl (C=O) groups is 1. The van der Waals surface area contributed by atoms with Crippen LogP contribution in [0.4, 0.5) is 5.69 Å². The lowest BCUT2D eigenvalue weighted by Crippen LogP contribution is -2.13. The van der Waals surface area contributed by atoms with E-state index in [0.717, 1.165) is 11.3 Å². The van der Waals surface area contributed by atoms with Crippen LogP contribution < -0.4 is 19.5 Å². The summed E-state index contributed by atoms with van der Waals surface area (Å²) >= 11 is 6.27. The van der Waals surface area contributed by atoms with Gasteiger partial charge < -0.3 is 19.5 Å². The van der Waals surface area contributed by atoms with Gasteiger partial charge in [0, 0.05) is 17.8 Å². The van der Waals surface area contributed by atoms with Crippen LogP contribution in [-0.4, -0.2) is 37.0 Å². The van der Waals surface area contributed by atoms with Gasteiger partial charge in [-0.3, -0.25) is 4.79 Å². The molecule has 3 aromatic carbocycles. The number of nitrogens with zero attached hydrogens (tertiary/aromatic N) is 2. The van der Waals surface area contributed by atoms with Crippen molar-refractivity contribution in [3.8, 4) is 34.2 Å². The van der Waals surface area contributed by atoms with Gasteiger partial charge in [-0.05, 0) is 42.5 Å². The van der Waals surface area contributed by atoms with Gasteiger partial charge in [-0.1, -0.05) is 29.8 Å². The third-order valence-corrected chi connectivity index (χ3v) is 5.36. The summed E-state index contributed by atoms with van der Waals surface area (Å²) in [7, 11) is 4.62. The molecule has 0 saturated carbocycles. The number of halogens is 1. The van der Waals surface area contributed by atoms with Gasteiger partial charge in [0.1, 0.15) is 22.9 Å². The van der Waals surface area contributed by atoms with Crippen LogP contribution in [0.25, 0.3) is 16.9 Å². The van der Waals surface area contributed by atoms with E-state index in [1.807, 2.05) is 54.6 Å². The lowest BCUT2D eigenvalue weighted by Gasteiger charge is -2.13. The highest BCUT2D eigenvalue weighted by Gasteiger charge is 2.21. The zero-order chi connectivity index (χ0) is 23.4. The van der Waals surface area contributed by atoms with E-state index >= 15 is 0 Å². The number of hydrogen-bond donors (Lipinski definition) is 1. The number of amides is 1. The Labute approximate surface area is 196 Å². The molecule has 4 aromatic rings. The van der Waals surface area contributed by atoms with Crippen LogP contribution in [0.1, 0.15) is 10.4 Å². The molecule has 1 amide bonds. The fraction of sp³-hybridized carbons (Fsp3) is 0.120. The number of methoxy groups -OCH3 is 3. The largest absolute Gasteiger partial charge is 0.497 e. The van der Waals surface area contributed by atoms with Crippen molar-refractivity contribution in [2.75, 3.05) is 26.6 Å². The normalized spacial score (nSPS) is 10.5. The summed E-state index contributed by atoms with van der Waals surface area (Å²) < 4.78 is 17.6. The average Bonchev–Trinajstić information content (AvgIpc) is 3.30. The molecule has 0 saturated heterocycles. The zero-order valence-electron chi connectivity index (χ0n) is 18.3. The Bertz CT molecular complexity index is 1270. The summed E-state index contributed by atoms with van der Waals surface area (Å²) in [6.07, 6.45) is 1.70. The third kappa shape index (κ3) is 4.63. The molecule has 0 atom stereocenters. The van der Waals surface area contributed by atoms with Gasteiger partial charge in [0.25, 0.3) is 5.91 Å². The van der Waals surface area contributed by atoms with E-state index in [4.69, 9.17) is 30.9 Å². The van der Waals surface area contributed by atoms with Gasteiger partial charge >= 0.3 is 0 Å². The van der Waals surface area contributed by atoms with Crippen molar-refractivity contribution in [3.63, 3.8) is 0 Å². The molecule has 1 N–H and O–H groups in total. The lowest BCUT2D eigenvalue weighted by atomic mass is 10.1. The molecular formula is C25H22ClN3O4. The number of hydrogen-bond acceptors (Lipinski definition) is 5. The quantitative estimate of drug-likeness (QED) is 0.393. The predicted molar refractivity (Wildman–Crippen MR) is 128 cm³/mol. The smallest absolute Gasteiger partial charge is 0.259 e. The Kier molecular flexibility index (Phi) is 6.51. The van der Waals surface area contributed by atoms with Crippen molar-refractivity contribution >= 4 is 23.2 Å². The Morgan fingerprint density at radius 2 is 1.61 bits per heavy atom. The van der Waals surface area contributed by atoms with Crippen LogP contribution in [0.2, 0.25) is 5.02 Å². The van der Waals surface area contributed by atoms with Crippen LogP contribution in [-0.2, 0) is 0 Å². The standard InChI is InChI=1S/C25H22ClN3O4/c1-31-18-11-9-16(10-12-18)24-19(15-29(28-24)17-7-5-4-6-8-17)25(30)27-21-13-20(26)22(32-2)14-23(21)33-3/h4-15H,1-3H3,(H,27,30). The van der Waals surface area contributed by atoms with Crippen molar-refractivity contribution in [1.82, 2.24) is 9.78 Å². The monoisotopic (exact) mass is 463 g/mol. The van der Waals surface area contributed by atoms with Crippen LogP contribution in [0.3, 0.4) is 0 Å². The minimum absolute atomic E-state index is 0.351.